The van der Waals surface area contributed by atoms with E-state index in [-0.39, 0.29) is 0 Å². The highest BCUT2D eigenvalue weighted by molar-refractivity contribution is 4.89. The summed E-state index contributed by atoms with van der Waals surface area (Å²) < 4.78 is 0. The molecule has 2 heteroatoms. The van der Waals surface area contributed by atoms with Crippen molar-refractivity contribution in [2.75, 3.05) is 19.6 Å². The Morgan fingerprint density at radius 1 is 1.11 bits per heavy atom. The van der Waals surface area contributed by atoms with Crippen LogP contribution in [0.5, 0.6) is 0 Å². The van der Waals surface area contributed by atoms with Gasteiger partial charge in [-0.05, 0) is 37.0 Å². The normalized spacial score (nSPS) is 30.6. The fraction of sp³-hybridized carbons (Fsp3) is 1.00. The van der Waals surface area contributed by atoms with E-state index in [9.17, 15) is 0 Å². The molecule has 0 amide bonds. The lowest BCUT2D eigenvalue weighted by Crippen LogP contribution is -2.59. The summed E-state index contributed by atoms with van der Waals surface area (Å²) in [6.45, 7) is 13.3. The van der Waals surface area contributed by atoms with Crippen LogP contribution in [0.3, 0.4) is 0 Å². The van der Waals surface area contributed by atoms with E-state index in [2.05, 4.69) is 37.9 Å². The van der Waals surface area contributed by atoms with Crippen LogP contribution < -0.4 is 5.32 Å². The molecule has 0 radical (unpaired) electrons. The second-order valence-corrected chi connectivity index (χ2v) is 7.65. The summed E-state index contributed by atoms with van der Waals surface area (Å²) in [7, 11) is 0. The van der Waals surface area contributed by atoms with Gasteiger partial charge in [-0.3, -0.25) is 4.90 Å². The van der Waals surface area contributed by atoms with Crippen molar-refractivity contribution in [3.8, 4) is 0 Å². The zero-order chi connectivity index (χ0) is 13.8. The molecule has 2 rings (SSSR count). The number of hydrogen-bond acceptors (Lipinski definition) is 2. The third kappa shape index (κ3) is 4.46. The van der Waals surface area contributed by atoms with Crippen LogP contribution in [-0.4, -0.2) is 36.6 Å². The van der Waals surface area contributed by atoms with Crippen molar-refractivity contribution in [3.63, 3.8) is 0 Å². The van der Waals surface area contributed by atoms with Crippen LogP contribution in [0.4, 0.5) is 0 Å². The quantitative estimate of drug-likeness (QED) is 0.819. The topological polar surface area (TPSA) is 15.3 Å². The van der Waals surface area contributed by atoms with Crippen molar-refractivity contribution >= 4 is 0 Å². The first-order valence-corrected chi connectivity index (χ1v) is 8.53. The Balaban J connectivity index is 1.93. The van der Waals surface area contributed by atoms with Crippen molar-refractivity contribution in [2.24, 2.45) is 17.8 Å². The molecule has 0 aromatic rings. The zero-order valence-electron chi connectivity index (χ0n) is 13.5. The average Bonchev–Trinajstić information content (AvgIpc) is 2.83. The van der Waals surface area contributed by atoms with Gasteiger partial charge in [-0.15, -0.1) is 0 Å². The lowest BCUT2D eigenvalue weighted by atomic mass is 9.93. The van der Waals surface area contributed by atoms with E-state index in [1.165, 1.54) is 51.7 Å². The minimum atomic E-state index is 0.699. The highest BCUT2D eigenvalue weighted by Gasteiger charge is 2.31. The molecule has 1 N–H and O–H groups in total. The Hall–Kier alpha value is -0.0800. The first kappa shape index (κ1) is 15.3. The molecule has 0 bridgehead atoms. The monoisotopic (exact) mass is 266 g/mol. The summed E-state index contributed by atoms with van der Waals surface area (Å²) in [6.07, 6.45) is 7.25. The maximum absolute atomic E-state index is 3.79. The fourth-order valence-electron chi connectivity index (χ4n) is 3.85. The minimum Gasteiger partial charge on any atom is -0.311 e. The van der Waals surface area contributed by atoms with E-state index in [1.807, 2.05) is 0 Å². The summed E-state index contributed by atoms with van der Waals surface area (Å²) in [5, 5.41) is 3.79. The molecule has 1 saturated heterocycles. The van der Waals surface area contributed by atoms with Crippen molar-refractivity contribution in [1.29, 1.82) is 0 Å². The molecular weight excluding hydrogens is 232 g/mol. The van der Waals surface area contributed by atoms with E-state index in [4.69, 9.17) is 0 Å². The molecule has 1 aliphatic carbocycles. The Morgan fingerprint density at radius 3 is 2.37 bits per heavy atom. The highest BCUT2D eigenvalue weighted by Crippen LogP contribution is 2.28. The lowest BCUT2D eigenvalue weighted by molar-refractivity contribution is 0.0838. The van der Waals surface area contributed by atoms with E-state index in [0.717, 1.165) is 23.8 Å². The van der Waals surface area contributed by atoms with Gasteiger partial charge in [0.1, 0.15) is 0 Å². The first-order chi connectivity index (χ1) is 9.06. The smallest absolute Gasteiger partial charge is 0.0223 e. The predicted octanol–water partition coefficient (Wildman–Crippen LogP) is 3.52. The van der Waals surface area contributed by atoms with E-state index in [0.29, 0.717) is 6.04 Å². The molecule has 0 spiro atoms. The van der Waals surface area contributed by atoms with Crippen LogP contribution in [0, 0.1) is 17.8 Å². The number of rotatable bonds is 5. The first-order valence-electron chi connectivity index (χ1n) is 8.53. The molecule has 2 atom stereocenters. The molecule has 1 heterocycles. The number of piperazine rings is 1. The lowest BCUT2D eigenvalue weighted by Gasteiger charge is -2.43. The Morgan fingerprint density at radius 2 is 1.79 bits per heavy atom. The summed E-state index contributed by atoms with van der Waals surface area (Å²) in [4.78, 5) is 2.83. The Kier molecular flexibility index (Phi) is 5.70. The third-order valence-electron chi connectivity index (χ3n) is 5.08. The highest BCUT2D eigenvalue weighted by atomic mass is 15.2. The molecule has 2 nitrogen and oxygen atoms in total. The maximum Gasteiger partial charge on any atom is 0.0223 e. The predicted molar refractivity (Wildman–Crippen MR) is 83.4 cm³/mol. The molecule has 112 valence electrons. The van der Waals surface area contributed by atoms with Gasteiger partial charge in [0, 0.05) is 31.7 Å². The van der Waals surface area contributed by atoms with Crippen LogP contribution in [0.25, 0.3) is 0 Å². The van der Waals surface area contributed by atoms with Gasteiger partial charge < -0.3 is 5.32 Å². The summed E-state index contributed by atoms with van der Waals surface area (Å²) in [5.41, 5.74) is 0. The zero-order valence-corrected chi connectivity index (χ0v) is 13.5. The molecule has 2 unspecified atom stereocenters. The van der Waals surface area contributed by atoms with Gasteiger partial charge in [-0.1, -0.05) is 40.5 Å². The average molecular weight is 266 g/mol. The van der Waals surface area contributed by atoms with Gasteiger partial charge in [-0.25, -0.2) is 0 Å². The standard InChI is InChI=1S/C17H34N2/c1-13(2)9-16-10-18-17(14(3)4)12-19(16)11-15-7-5-6-8-15/h13-18H,5-12H2,1-4H3. The molecule has 0 aromatic carbocycles. The Labute approximate surface area is 120 Å². The maximum atomic E-state index is 3.79. The van der Waals surface area contributed by atoms with Gasteiger partial charge in [-0.2, -0.15) is 0 Å². The van der Waals surface area contributed by atoms with E-state index >= 15 is 0 Å². The summed E-state index contributed by atoms with van der Waals surface area (Å²) >= 11 is 0. The van der Waals surface area contributed by atoms with Crippen molar-refractivity contribution in [1.82, 2.24) is 10.2 Å². The fourth-order valence-corrected chi connectivity index (χ4v) is 3.85. The number of nitrogens with one attached hydrogen (secondary N) is 1. The molecule has 0 aromatic heterocycles. The molecule has 19 heavy (non-hydrogen) atoms. The largest absolute Gasteiger partial charge is 0.311 e. The molecule has 1 saturated carbocycles. The van der Waals surface area contributed by atoms with Gasteiger partial charge in [0.05, 0.1) is 0 Å². The van der Waals surface area contributed by atoms with Gasteiger partial charge >= 0.3 is 0 Å². The second kappa shape index (κ2) is 7.08. The van der Waals surface area contributed by atoms with Crippen LogP contribution in [0.1, 0.15) is 59.8 Å². The van der Waals surface area contributed by atoms with Gasteiger partial charge in [0.2, 0.25) is 0 Å². The number of nitrogens with zero attached hydrogens (tertiary/aromatic N) is 1. The van der Waals surface area contributed by atoms with Crippen molar-refractivity contribution < 1.29 is 0 Å². The van der Waals surface area contributed by atoms with Crippen LogP contribution in [-0.2, 0) is 0 Å². The van der Waals surface area contributed by atoms with Crippen LogP contribution in [0.2, 0.25) is 0 Å². The number of hydrogen-bond donors (Lipinski definition) is 1. The molecule has 2 fully saturated rings. The SMILES string of the molecule is CC(C)CC1CNC(C(C)C)CN1CC1CCCC1. The minimum absolute atomic E-state index is 0.699. The van der Waals surface area contributed by atoms with E-state index < -0.39 is 0 Å². The van der Waals surface area contributed by atoms with Crippen molar-refractivity contribution in [3.05, 3.63) is 0 Å². The second-order valence-electron chi connectivity index (χ2n) is 7.65. The van der Waals surface area contributed by atoms with E-state index in [1.54, 1.807) is 0 Å². The van der Waals surface area contributed by atoms with Gasteiger partial charge in [0.25, 0.3) is 0 Å². The molecular formula is C17H34N2. The molecule has 1 aliphatic heterocycles. The third-order valence-corrected chi connectivity index (χ3v) is 5.08. The van der Waals surface area contributed by atoms with Crippen molar-refractivity contribution in [2.45, 2.75) is 71.9 Å². The molecule has 2 aliphatic rings. The van der Waals surface area contributed by atoms with Crippen LogP contribution >= 0.6 is 0 Å². The Bertz CT molecular complexity index is 254. The summed E-state index contributed by atoms with van der Waals surface area (Å²) in [5.74, 6) is 2.56. The summed E-state index contributed by atoms with van der Waals surface area (Å²) in [6, 6.07) is 1.47. The van der Waals surface area contributed by atoms with Crippen LogP contribution in [0.15, 0.2) is 0 Å². The van der Waals surface area contributed by atoms with Gasteiger partial charge in [0.15, 0.2) is 0 Å².